The number of methoxy groups -OCH3 is 1. The molecule has 1 unspecified atom stereocenters. The zero-order chi connectivity index (χ0) is 15.4. The third-order valence-electron chi connectivity index (χ3n) is 3.56. The Kier molecular flexibility index (Phi) is 4.58. The van der Waals surface area contributed by atoms with Crippen molar-refractivity contribution in [2.75, 3.05) is 7.11 Å². The van der Waals surface area contributed by atoms with Crippen LogP contribution < -0.4 is 4.74 Å². The van der Waals surface area contributed by atoms with Crippen molar-refractivity contribution in [1.82, 2.24) is 4.98 Å². The highest BCUT2D eigenvalue weighted by atomic mass is 16.5. The summed E-state index contributed by atoms with van der Waals surface area (Å²) in [5, 5.41) is 9.32. The molecule has 0 aliphatic rings. The number of aromatic nitrogens is 1. The number of aryl methyl sites for hydroxylation is 1. The number of nitrogens with zero attached hydrogens (tertiary/aromatic N) is 1. The molecule has 0 spiro atoms. The van der Waals surface area contributed by atoms with E-state index in [9.17, 15) is 9.90 Å². The summed E-state index contributed by atoms with van der Waals surface area (Å²) in [5.74, 6) is -0.619. The largest absolute Gasteiger partial charge is 0.497 e. The van der Waals surface area contributed by atoms with E-state index in [-0.39, 0.29) is 0 Å². The molecule has 1 atom stereocenters. The fourth-order valence-electron chi connectivity index (χ4n) is 2.30. The first-order valence-corrected chi connectivity index (χ1v) is 6.91. The van der Waals surface area contributed by atoms with Gasteiger partial charge in [0.1, 0.15) is 5.75 Å². The Morgan fingerprint density at radius 2 is 1.90 bits per heavy atom. The van der Waals surface area contributed by atoms with Crippen molar-refractivity contribution in [1.29, 1.82) is 0 Å². The van der Waals surface area contributed by atoms with Gasteiger partial charge in [0.25, 0.3) is 0 Å². The summed E-state index contributed by atoms with van der Waals surface area (Å²) in [6, 6.07) is 11.4. The molecule has 0 radical (unpaired) electrons. The first kappa shape index (κ1) is 15.0. The second-order valence-corrected chi connectivity index (χ2v) is 4.93. The van der Waals surface area contributed by atoms with Crippen molar-refractivity contribution < 1.29 is 14.6 Å². The van der Waals surface area contributed by atoms with E-state index in [4.69, 9.17) is 4.74 Å². The molecule has 0 amide bonds. The highest BCUT2D eigenvalue weighted by molar-refractivity contribution is 5.76. The van der Waals surface area contributed by atoms with E-state index in [1.165, 1.54) is 0 Å². The number of carbonyl (C=O) groups is 1. The SMILES string of the molecule is CCC(C(=O)O)c1nc(-c2ccc(OC)cc2)ccc1C. The van der Waals surface area contributed by atoms with Gasteiger partial charge in [-0.3, -0.25) is 9.78 Å². The Morgan fingerprint density at radius 1 is 1.24 bits per heavy atom. The average molecular weight is 285 g/mol. The molecule has 4 heteroatoms. The number of aliphatic carboxylic acids is 1. The molecule has 0 saturated carbocycles. The molecule has 1 aromatic carbocycles. The topological polar surface area (TPSA) is 59.4 Å². The number of rotatable bonds is 5. The third kappa shape index (κ3) is 3.21. The highest BCUT2D eigenvalue weighted by Gasteiger charge is 2.21. The summed E-state index contributed by atoms with van der Waals surface area (Å²) in [6.07, 6.45) is 0.523. The van der Waals surface area contributed by atoms with Gasteiger partial charge in [-0.05, 0) is 49.2 Å². The number of hydrogen-bond acceptors (Lipinski definition) is 3. The fourth-order valence-corrected chi connectivity index (χ4v) is 2.30. The van der Waals surface area contributed by atoms with Gasteiger partial charge in [0.15, 0.2) is 0 Å². The van der Waals surface area contributed by atoms with Crippen LogP contribution in [0.4, 0.5) is 0 Å². The first-order chi connectivity index (χ1) is 10.1. The monoisotopic (exact) mass is 285 g/mol. The smallest absolute Gasteiger partial charge is 0.312 e. The minimum atomic E-state index is -0.833. The summed E-state index contributed by atoms with van der Waals surface area (Å²) < 4.78 is 5.14. The van der Waals surface area contributed by atoms with E-state index in [2.05, 4.69) is 4.98 Å². The first-order valence-electron chi connectivity index (χ1n) is 6.91. The Labute approximate surface area is 124 Å². The predicted molar refractivity (Wildman–Crippen MR) is 81.6 cm³/mol. The van der Waals surface area contributed by atoms with E-state index >= 15 is 0 Å². The third-order valence-corrected chi connectivity index (χ3v) is 3.56. The standard InChI is InChI=1S/C17H19NO3/c1-4-14(17(19)20)16-11(2)5-10-15(18-16)12-6-8-13(21-3)9-7-12/h5-10,14H,4H2,1-3H3,(H,19,20). The quantitative estimate of drug-likeness (QED) is 0.911. The number of carboxylic acids is 1. The molecule has 4 nitrogen and oxygen atoms in total. The van der Waals surface area contributed by atoms with Crippen LogP contribution >= 0.6 is 0 Å². The Bertz CT molecular complexity index is 635. The van der Waals surface area contributed by atoms with Gasteiger partial charge >= 0.3 is 5.97 Å². The second-order valence-electron chi connectivity index (χ2n) is 4.93. The number of hydrogen-bond donors (Lipinski definition) is 1. The van der Waals surface area contributed by atoms with Gasteiger partial charge in [0.2, 0.25) is 0 Å². The molecule has 0 aliphatic carbocycles. The molecule has 2 aromatic rings. The molecular weight excluding hydrogens is 266 g/mol. The van der Waals surface area contributed by atoms with Crippen LogP contribution in [-0.4, -0.2) is 23.2 Å². The van der Waals surface area contributed by atoms with Gasteiger partial charge in [-0.2, -0.15) is 0 Å². The van der Waals surface area contributed by atoms with Crippen LogP contribution in [0.5, 0.6) is 5.75 Å². The Hall–Kier alpha value is -2.36. The normalized spacial score (nSPS) is 12.0. The minimum Gasteiger partial charge on any atom is -0.497 e. The van der Waals surface area contributed by atoms with Gasteiger partial charge in [-0.1, -0.05) is 13.0 Å². The highest BCUT2D eigenvalue weighted by Crippen LogP contribution is 2.26. The van der Waals surface area contributed by atoms with E-state index in [1.807, 2.05) is 50.2 Å². The van der Waals surface area contributed by atoms with Gasteiger partial charge in [0.05, 0.1) is 24.4 Å². The van der Waals surface area contributed by atoms with Crippen LogP contribution in [0, 0.1) is 6.92 Å². The van der Waals surface area contributed by atoms with Crippen molar-refractivity contribution >= 4 is 5.97 Å². The number of ether oxygens (including phenoxy) is 1. The van der Waals surface area contributed by atoms with E-state index in [0.717, 1.165) is 22.6 Å². The van der Waals surface area contributed by atoms with E-state index in [1.54, 1.807) is 7.11 Å². The van der Waals surface area contributed by atoms with Crippen molar-refractivity contribution in [3.8, 4) is 17.0 Å². The summed E-state index contributed by atoms with van der Waals surface area (Å²) in [6.45, 7) is 3.76. The molecule has 110 valence electrons. The molecule has 0 fully saturated rings. The van der Waals surface area contributed by atoms with Gasteiger partial charge < -0.3 is 9.84 Å². The molecule has 0 aliphatic heterocycles. The Balaban J connectivity index is 2.43. The molecule has 1 heterocycles. The van der Waals surface area contributed by atoms with Crippen LogP contribution in [0.1, 0.15) is 30.5 Å². The lowest BCUT2D eigenvalue weighted by molar-refractivity contribution is -0.139. The molecule has 0 saturated heterocycles. The lowest BCUT2D eigenvalue weighted by Crippen LogP contribution is -2.14. The maximum Gasteiger partial charge on any atom is 0.312 e. The zero-order valence-electron chi connectivity index (χ0n) is 12.5. The van der Waals surface area contributed by atoms with Crippen molar-refractivity contribution in [3.05, 3.63) is 47.7 Å². The van der Waals surface area contributed by atoms with Gasteiger partial charge in [0, 0.05) is 5.56 Å². The summed E-state index contributed by atoms with van der Waals surface area (Å²) in [7, 11) is 1.62. The van der Waals surface area contributed by atoms with Crippen LogP contribution in [-0.2, 0) is 4.79 Å². The molecule has 21 heavy (non-hydrogen) atoms. The van der Waals surface area contributed by atoms with E-state index in [0.29, 0.717) is 12.1 Å². The van der Waals surface area contributed by atoms with Gasteiger partial charge in [-0.15, -0.1) is 0 Å². The predicted octanol–water partition coefficient (Wildman–Crippen LogP) is 3.64. The number of benzene rings is 1. The zero-order valence-corrected chi connectivity index (χ0v) is 12.5. The van der Waals surface area contributed by atoms with Crippen LogP contribution in [0.25, 0.3) is 11.3 Å². The second kappa shape index (κ2) is 6.39. The average Bonchev–Trinajstić information content (AvgIpc) is 2.49. The molecule has 1 N–H and O–H groups in total. The van der Waals surface area contributed by atoms with Crippen LogP contribution in [0.2, 0.25) is 0 Å². The minimum absolute atomic E-state index is 0.523. The van der Waals surface area contributed by atoms with Crippen molar-refractivity contribution in [2.45, 2.75) is 26.2 Å². The lowest BCUT2D eigenvalue weighted by Gasteiger charge is -2.14. The fraction of sp³-hybridized carbons (Fsp3) is 0.294. The lowest BCUT2D eigenvalue weighted by atomic mass is 9.97. The van der Waals surface area contributed by atoms with Crippen molar-refractivity contribution in [2.24, 2.45) is 0 Å². The summed E-state index contributed by atoms with van der Waals surface area (Å²) >= 11 is 0. The molecule has 2 rings (SSSR count). The molecule has 1 aromatic heterocycles. The maximum atomic E-state index is 11.4. The maximum absolute atomic E-state index is 11.4. The van der Waals surface area contributed by atoms with Crippen LogP contribution in [0.15, 0.2) is 36.4 Å². The van der Waals surface area contributed by atoms with Crippen molar-refractivity contribution in [3.63, 3.8) is 0 Å². The van der Waals surface area contributed by atoms with Gasteiger partial charge in [-0.25, -0.2) is 0 Å². The number of pyridine rings is 1. The summed E-state index contributed by atoms with van der Waals surface area (Å²) in [5.41, 5.74) is 3.26. The van der Waals surface area contributed by atoms with E-state index < -0.39 is 11.9 Å². The number of carboxylic acid groups (broad SMARTS) is 1. The molecular formula is C17H19NO3. The van der Waals surface area contributed by atoms with Crippen LogP contribution in [0.3, 0.4) is 0 Å². The summed E-state index contributed by atoms with van der Waals surface area (Å²) in [4.78, 5) is 15.9. The Morgan fingerprint density at radius 3 is 2.43 bits per heavy atom. The molecule has 0 bridgehead atoms.